The lowest BCUT2D eigenvalue weighted by molar-refractivity contribution is 0.267. The third kappa shape index (κ3) is 5.28. The van der Waals surface area contributed by atoms with E-state index in [1.54, 1.807) is 0 Å². The van der Waals surface area contributed by atoms with Crippen molar-refractivity contribution in [1.82, 2.24) is 10.2 Å². The van der Waals surface area contributed by atoms with Gasteiger partial charge in [0.15, 0.2) is 0 Å². The summed E-state index contributed by atoms with van der Waals surface area (Å²) in [5.41, 5.74) is 0. The molecule has 1 aliphatic rings. The molecule has 0 amide bonds. The monoisotopic (exact) mass is 228 g/mol. The molecule has 0 aliphatic carbocycles. The maximum absolute atomic E-state index is 8.66. The van der Waals surface area contributed by atoms with Gasteiger partial charge in [0.25, 0.3) is 0 Å². The smallest absolute Gasteiger partial charge is 0.0431 e. The first kappa shape index (κ1) is 13.9. The van der Waals surface area contributed by atoms with Gasteiger partial charge in [-0.3, -0.25) is 4.90 Å². The minimum Gasteiger partial charge on any atom is -0.396 e. The van der Waals surface area contributed by atoms with Crippen molar-refractivity contribution in [2.24, 2.45) is 0 Å². The zero-order chi connectivity index (χ0) is 11.8. The van der Waals surface area contributed by atoms with E-state index in [2.05, 4.69) is 24.1 Å². The summed E-state index contributed by atoms with van der Waals surface area (Å²) in [4.78, 5) is 2.55. The average molecular weight is 228 g/mol. The van der Waals surface area contributed by atoms with E-state index in [-0.39, 0.29) is 0 Å². The van der Waals surface area contributed by atoms with Crippen LogP contribution >= 0.6 is 0 Å². The molecule has 1 aliphatic heterocycles. The molecule has 0 spiro atoms. The highest BCUT2D eigenvalue weighted by Gasteiger charge is 2.23. The summed E-state index contributed by atoms with van der Waals surface area (Å²) in [5.74, 6) is 0. The predicted octanol–water partition coefficient (Wildman–Crippen LogP) is 1.61. The Morgan fingerprint density at radius 1 is 1.25 bits per heavy atom. The third-order valence-electron chi connectivity index (χ3n) is 3.47. The van der Waals surface area contributed by atoms with Gasteiger partial charge in [0, 0.05) is 25.2 Å². The number of hydrogen-bond donors (Lipinski definition) is 2. The number of nitrogens with one attached hydrogen (secondary N) is 1. The first-order chi connectivity index (χ1) is 7.74. The number of unbranched alkanes of at least 4 members (excludes halogenated alkanes) is 3. The fourth-order valence-electron chi connectivity index (χ4n) is 2.32. The molecule has 3 nitrogen and oxygen atoms in total. The highest BCUT2D eigenvalue weighted by Crippen LogP contribution is 2.12. The Morgan fingerprint density at radius 2 is 2.00 bits per heavy atom. The SMILES string of the molecule is CC(C)N1CCC(NCCCCCCO)C1. The van der Waals surface area contributed by atoms with Gasteiger partial charge in [0.1, 0.15) is 0 Å². The van der Waals surface area contributed by atoms with Gasteiger partial charge in [-0.2, -0.15) is 0 Å². The summed E-state index contributed by atoms with van der Waals surface area (Å²) >= 11 is 0. The van der Waals surface area contributed by atoms with Crippen molar-refractivity contribution in [1.29, 1.82) is 0 Å². The molecular formula is C13H28N2O. The van der Waals surface area contributed by atoms with Gasteiger partial charge in [0.2, 0.25) is 0 Å². The molecule has 1 rings (SSSR count). The highest BCUT2D eigenvalue weighted by atomic mass is 16.2. The second-order valence-corrected chi connectivity index (χ2v) is 5.17. The zero-order valence-electron chi connectivity index (χ0n) is 10.9. The van der Waals surface area contributed by atoms with Gasteiger partial charge >= 0.3 is 0 Å². The van der Waals surface area contributed by atoms with E-state index >= 15 is 0 Å². The lowest BCUT2D eigenvalue weighted by Crippen LogP contribution is -2.35. The Bertz CT molecular complexity index is 173. The summed E-state index contributed by atoms with van der Waals surface area (Å²) in [6, 6.07) is 1.40. The minimum absolute atomic E-state index is 0.347. The van der Waals surface area contributed by atoms with Crippen LogP contribution in [0.25, 0.3) is 0 Å². The number of hydrogen-bond acceptors (Lipinski definition) is 3. The third-order valence-corrected chi connectivity index (χ3v) is 3.47. The topological polar surface area (TPSA) is 35.5 Å². The molecular weight excluding hydrogens is 200 g/mol. The summed E-state index contributed by atoms with van der Waals surface area (Å²) in [6.07, 6.45) is 5.92. The van der Waals surface area contributed by atoms with Crippen molar-refractivity contribution in [2.45, 2.75) is 58.0 Å². The second kappa shape index (κ2) is 8.04. The van der Waals surface area contributed by atoms with E-state index in [0.29, 0.717) is 18.7 Å². The molecule has 1 saturated heterocycles. The predicted molar refractivity (Wildman–Crippen MR) is 68.7 cm³/mol. The Kier molecular flexibility index (Phi) is 7.01. The second-order valence-electron chi connectivity index (χ2n) is 5.17. The van der Waals surface area contributed by atoms with Gasteiger partial charge in [-0.1, -0.05) is 12.8 Å². The summed E-state index contributed by atoms with van der Waals surface area (Å²) < 4.78 is 0. The van der Waals surface area contributed by atoms with Crippen LogP contribution in [-0.2, 0) is 0 Å². The van der Waals surface area contributed by atoms with Gasteiger partial charge in [-0.05, 0) is 46.2 Å². The number of aliphatic hydroxyl groups excluding tert-OH is 1. The molecule has 0 bridgehead atoms. The van der Waals surface area contributed by atoms with Crippen molar-refractivity contribution in [3.8, 4) is 0 Å². The van der Waals surface area contributed by atoms with E-state index < -0.39 is 0 Å². The largest absolute Gasteiger partial charge is 0.396 e. The maximum atomic E-state index is 8.66. The summed E-state index contributed by atoms with van der Waals surface area (Å²) in [6.45, 7) is 8.50. The lowest BCUT2D eigenvalue weighted by Gasteiger charge is -2.20. The first-order valence-corrected chi connectivity index (χ1v) is 6.82. The lowest BCUT2D eigenvalue weighted by atomic mass is 10.2. The Morgan fingerprint density at radius 3 is 2.62 bits per heavy atom. The van der Waals surface area contributed by atoms with Crippen molar-refractivity contribution < 1.29 is 5.11 Å². The molecule has 1 fully saturated rings. The molecule has 96 valence electrons. The molecule has 0 aromatic heterocycles. The van der Waals surface area contributed by atoms with Crippen molar-refractivity contribution in [2.75, 3.05) is 26.2 Å². The molecule has 2 N–H and O–H groups in total. The van der Waals surface area contributed by atoms with Crippen molar-refractivity contribution in [3.63, 3.8) is 0 Å². The average Bonchev–Trinajstić information content (AvgIpc) is 2.72. The number of likely N-dealkylation sites (tertiary alicyclic amines) is 1. The van der Waals surface area contributed by atoms with Gasteiger partial charge in [0.05, 0.1) is 0 Å². The van der Waals surface area contributed by atoms with Crippen LogP contribution in [0.3, 0.4) is 0 Å². The molecule has 1 atom stereocenters. The molecule has 0 saturated carbocycles. The van der Waals surface area contributed by atoms with Crippen LogP contribution in [0.1, 0.15) is 46.0 Å². The number of rotatable bonds is 8. The standard InChI is InChI=1S/C13H28N2O/c1-12(2)15-9-7-13(11-15)14-8-5-3-4-6-10-16/h12-14,16H,3-11H2,1-2H3. The molecule has 3 heteroatoms. The van der Waals surface area contributed by atoms with Crippen LogP contribution in [0.15, 0.2) is 0 Å². The van der Waals surface area contributed by atoms with Crippen LogP contribution < -0.4 is 5.32 Å². The summed E-state index contributed by atoms with van der Waals surface area (Å²) in [5, 5.41) is 12.3. The Balaban J connectivity index is 1.94. The minimum atomic E-state index is 0.347. The fourth-order valence-corrected chi connectivity index (χ4v) is 2.32. The number of nitrogens with zero attached hydrogens (tertiary/aromatic N) is 1. The zero-order valence-corrected chi connectivity index (χ0v) is 10.9. The molecule has 1 unspecified atom stereocenters. The van der Waals surface area contributed by atoms with E-state index in [1.165, 1.54) is 38.8 Å². The van der Waals surface area contributed by atoms with Gasteiger partial charge in [-0.15, -0.1) is 0 Å². The maximum Gasteiger partial charge on any atom is 0.0431 e. The van der Waals surface area contributed by atoms with Crippen LogP contribution in [0.5, 0.6) is 0 Å². The molecule has 1 heterocycles. The van der Waals surface area contributed by atoms with Gasteiger partial charge in [-0.25, -0.2) is 0 Å². The Hall–Kier alpha value is -0.120. The van der Waals surface area contributed by atoms with E-state index in [1.807, 2.05) is 0 Å². The van der Waals surface area contributed by atoms with E-state index in [0.717, 1.165) is 13.0 Å². The number of aliphatic hydroxyl groups is 1. The first-order valence-electron chi connectivity index (χ1n) is 6.82. The molecule has 0 aromatic rings. The molecule has 0 radical (unpaired) electrons. The van der Waals surface area contributed by atoms with E-state index in [9.17, 15) is 0 Å². The highest BCUT2D eigenvalue weighted by molar-refractivity contribution is 4.82. The van der Waals surface area contributed by atoms with Crippen molar-refractivity contribution >= 4 is 0 Å². The van der Waals surface area contributed by atoms with E-state index in [4.69, 9.17) is 5.11 Å². The van der Waals surface area contributed by atoms with Crippen LogP contribution in [-0.4, -0.2) is 48.3 Å². The Labute approximate surface area is 100 Å². The normalized spacial score (nSPS) is 22.1. The van der Waals surface area contributed by atoms with Crippen LogP contribution in [0.4, 0.5) is 0 Å². The van der Waals surface area contributed by atoms with Crippen LogP contribution in [0, 0.1) is 0 Å². The molecule has 0 aromatic carbocycles. The summed E-state index contributed by atoms with van der Waals surface area (Å²) in [7, 11) is 0. The van der Waals surface area contributed by atoms with Gasteiger partial charge < -0.3 is 10.4 Å². The van der Waals surface area contributed by atoms with Crippen LogP contribution in [0.2, 0.25) is 0 Å². The quantitative estimate of drug-likeness (QED) is 0.620. The van der Waals surface area contributed by atoms with Crippen molar-refractivity contribution in [3.05, 3.63) is 0 Å². The fraction of sp³-hybridized carbons (Fsp3) is 1.00. The molecule has 16 heavy (non-hydrogen) atoms.